The van der Waals surface area contributed by atoms with Gasteiger partial charge in [0, 0.05) is 24.9 Å². The van der Waals surface area contributed by atoms with Gasteiger partial charge in [0.1, 0.15) is 17.5 Å². The summed E-state index contributed by atoms with van der Waals surface area (Å²) in [6, 6.07) is 1.32. The van der Waals surface area contributed by atoms with Gasteiger partial charge in [-0.3, -0.25) is 0 Å². The van der Waals surface area contributed by atoms with Crippen LogP contribution in [0.3, 0.4) is 0 Å². The highest BCUT2D eigenvalue weighted by Gasteiger charge is 2.20. The van der Waals surface area contributed by atoms with Crippen LogP contribution in [0, 0.1) is 17.5 Å². The Hall–Kier alpha value is -1.97. The highest BCUT2D eigenvalue weighted by Crippen LogP contribution is 2.29. The lowest BCUT2D eigenvalue weighted by Gasteiger charge is -2.26. The minimum Gasteiger partial charge on any atom is -0.344 e. The van der Waals surface area contributed by atoms with Gasteiger partial charge in [-0.1, -0.05) is 12.7 Å². The third-order valence-electron chi connectivity index (χ3n) is 2.60. The fourth-order valence-corrected chi connectivity index (χ4v) is 1.67. The standard InChI is InChI=1S/C13H10F3N/c1-8-4-3-5-12(17(8)2)13-10(15)6-9(14)7-11(13)16/h3-7H,1H2,2H3. The first-order valence-electron chi connectivity index (χ1n) is 4.96. The van der Waals surface area contributed by atoms with Gasteiger partial charge in [0.2, 0.25) is 0 Å². The van der Waals surface area contributed by atoms with Crippen LogP contribution in [0.25, 0.3) is 5.70 Å². The molecule has 0 aromatic heterocycles. The molecule has 0 aliphatic carbocycles. The molecule has 0 saturated heterocycles. The molecule has 1 aromatic rings. The summed E-state index contributed by atoms with van der Waals surface area (Å²) in [4.78, 5) is 1.54. The van der Waals surface area contributed by atoms with Gasteiger partial charge >= 0.3 is 0 Å². The molecule has 0 saturated carbocycles. The van der Waals surface area contributed by atoms with Crippen LogP contribution in [-0.2, 0) is 0 Å². The van der Waals surface area contributed by atoms with Crippen molar-refractivity contribution in [2.75, 3.05) is 7.05 Å². The third-order valence-corrected chi connectivity index (χ3v) is 2.60. The Kier molecular flexibility index (Phi) is 2.79. The molecule has 0 bridgehead atoms. The SMILES string of the molecule is C=C1C=CC=C(c2c(F)cc(F)cc2F)N1C. The van der Waals surface area contributed by atoms with Gasteiger partial charge in [-0.15, -0.1) is 0 Å². The van der Waals surface area contributed by atoms with Gasteiger partial charge in [-0.25, -0.2) is 13.2 Å². The zero-order chi connectivity index (χ0) is 12.6. The van der Waals surface area contributed by atoms with Crippen LogP contribution in [0.15, 0.2) is 42.6 Å². The van der Waals surface area contributed by atoms with E-state index in [0.717, 1.165) is 0 Å². The van der Waals surface area contributed by atoms with E-state index >= 15 is 0 Å². The van der Waals surface area contributed by atoms with E-state index in [1.165, 1.54) is 0 Å². The average molecular weight is 237 g/mol. The fraction of sp³-hybridized carbons (Fsp3) is 0.0769. The third kappa shape index (κ3) is 1.98. The monoisotopic (exact) mass is 237 g/mol. The molecule has 0 atom stereocenters. The fourth-order valence-electron chi connectivity index (χ4n) is 1.67. The molecule has 1 aliphatic rings. The largest absolute Gasteiger partial charge is 0.344 e. The Morgan fingerprint density at radius 1 is 1.12 bits per heavy atom. The summed E-state index contributed by atoms with van der Waals surface area (Å²) in [6.07, 6.45) is 4.90. The molecule has 4 heteroatoms. The molecule has 1 heterocycles. The number of hydrogen-bond acceptors (Lipinski definition) is 1. The van der Waals surface area contributed by atoms with E-state index < -0.39 is 17.5 Å². The summed E-state index contributed by atoms with van der Waals surface area (Å²) in [5.74, 6) is -2.79. The number of likely N-dealkylation sites (N-methyl/N-ethyl adjacent to an activating group) is 1. The first-order chi connectivity index (χ1) is 8.00. The molecule has 1 aliphatic heterocycles. The van der Waals surface area contributed by atoms with Crippen LogP contribution in [0.4, 0.5) is 13.2 Å². The predicted molar refractivity (Wildman–Crippen MR) is 60.3 cm³/mol. The molecule has 2 rings (SSSR count). The minimum absolute atomic E-state index is 0.251. The van der Waals surface area contributed by atoms with Crippen molar-refractivity contribution >= 4 is 5.70 Å². The van der Waals surface area contributed by atoms with Gasteiger partial charge in [0.15, 0.2) is 0 Å². The first kappa shape index (κ1) is 11.5. The maximum Gasteiger partial charge on any atom is 0.138 e. The zero-order valence-corrected chi connectivity index (χ0v) is 9.17. The van der Waals surface area contributed by atoms with Gasteiger partial charge in [0.05, 0.1) is 11.3 Å². The minimum atomic E-state index is -0.933. The van der Waals surface area contributed by atoms with Crippen molar-refractivity contribution in [1.82, 2.24) is 4.90 Å². The second-order valence-electron chi connectivity index (χ2n) is 3.71. The smallest absolute Gasteiger partial charge is 0.138 e. The molecule has 0 spiro atoms. The lowest BCUT2D eigenvalue weighted by atomic mass is 10.1. The van der Waals surface area contributed by atoms with E-state index in [1.54, 1.807) is 30.2 Å². The number of hydrogen-bond donors (Lipinski definition) is 0. The summed E-state index contributed by atoms with van der Waals surface area (Å²) in [7, 11) is 1.64. The van der Waals surface area contributed by atoms with Crippen LogP contribution < -0.4 is 0 Å². The maximum absolute atomic E-state index is 13.6. The van der Waals surface area contributed by atoms with Crippen molar-refractivity contribution in [3.8, 4) is 0 Å². The molecule has 88 valence electrons. The molecular formula is C13H10F3N. The molecular weight excluding hydrogens is 227 g/mol. The number of rotatable bonds is 1. The van der Waals surface area contributed by atoms with E-state index in [1.807, 2.05) is 0 Å². The highest BCUT2D eigenvalue weighted by atomic mass is 19.1. The quantitative estimate of drug-likeness (QED) is 0.723. The molecule has 0 fully saturated rings. The van der Waals surface area contributed by atoms with Gasteiger partial charge < -0.3 is 4.90 Å². The number of allylic oxidation sites excluding steroid dienone is 3. The van der Waals surface area contributed by atoms with Gasteiger partial charge in [0.25, 0.3) is 0 Å². The van der Waals surface area contributed by atoms with E-state index in [-0.39, 0.29) is 5.56 Å². The second-order valence-corrected chi connectivity index (χ2v) is 3.71. The molecule has 0 unspecified atom stereocenters. The summed E-state index contributed by atoms with van der Waals surface area (Å²) in [6.45, 7) is 3.73. The Labute approximate surface area is 97.2 Å². The topological polar surface area (TPSA) is 3.24 Å². The summed E-state index contributed by atoms with van der Waals surface area (Å²) in [5.41, 5.74) is 0.664. The molecule has 1 aromatic carbocycles. The Morgan fingerprint density at radius 2 is 1.71 bits per heavy atom. The summed E-state index contributed by atoms with van der Waals surface area (Å²) in [5, 5.41) is 0. The summed E-state index contributed by atoms with van der Waals surface area (Å²) >= 11 is 0. The number of nitrogens with zero attached hydrogens (tertiary/aromatic N) is 1. The van der Waals surface area contributed by atoms with E-state index in [0.29, 0.717) is 23.5 Å². The van der Waals surface area contributed by atoms with Crippen LogP contribution in [0.5, 0.6) is 0 Å². The summed E-state index contributed by atoms with van der Waals surface area (Å²) < 4.78 is 40.0. The first-order valence-corrected chi connectivity index (χ1v) is 4.96. The second kappa shape index (κ2) is 4.13. The average Bonchev–Trinajstić information content (AvgIpc) is 2.23. The zero-order valence-electron chi connectivity index (χ0n) is 9.17. The number of halogens is 3. The van der Waals surface area contributed by atoms with Gasteiger partial charge in [-0.05, 0) is 12.2 Å². The Morgan fingerprint density at radius 3 is 2.29 bits per heavy atom. The Balaban J connectivity index is 2.58. The van der Waals surface area contributed by atoms with Gasteiger partial charge in [-0.2, -0.15) is 0 Å². The van der Waals surface area contributed by atoms with Crippen molar-refractivity contribution in [3.63, 3.8) is 0 Å². The van der Waals surface area contributed by atoms with Crippen molar-refractivity contribution in [2.24, 2.45) is 0 Å². The number of benzene rings is 1. The molecule has 1 nitrogen and oxygen atoms in total. The normalized spacial score (nSPS) is 15.2. The van der Waals surface area contributed by atoms with E-state index in [2.05, 4.69) is 6.58 Å². The van der Waals surface area contributed by atoms with Crippen LogP contribution in [0.1, 0.15) is 5.56 Å². The lowest BCUT2D eigenvalue weighted by molar-refractivity contribution is 0.524. The van der Waals surface area contributed by atoms with E-state index in [9.17, 15) is 13.2 Å². The Bertz CT molecular complexity index is 521. The molecule has 0 radical (unpaired) electrons. The predicted octanol–water partition coefficient (Wildman–Crippen LogP) is 3.46. The van der Waals surface area contributed by atoms with Crippen molar-refractivity contribution < 1.29 is 13.2 Å². The highest BCUT2D eigenvalue weighted by molar-refractivity contribution is 5.70. The van der Waals surface area contributed by atoms with Crippen molar-refractivity contribution in [2.45, 2.75) is 0 Å². The van der Waals surface area contributed by atoms with Crippen LogP contribution >= 0.6 is 0 Å². The van der Waals surface area contributed by atoms with Crippen molar-refractivity contribution in [3.05, 3.63) is 65.7 Å². The van der Waals surface area contributed by atoms with Crippen LogP contribution in [0.2, 0.25) is 0 Å². The maximum atomic E-state index is 13.6. The van der Waals surface area contributed by atoms with Crippen LogP contribution in [-0.4, -0.2) is 11.9 Å². The van der Waals surface area contributed by atoms with E-state index in [4.69, 9.17) is 0 Å². The lowest BCUT2D eigenvalue weighted by Crippen LogP contribution is -2.18. The molecule has 0 N–H and O–H groups in total. The van der Waals surface area contributed by atoms with Crippen molar-refractivity contribution in [1.29, 1.82) is 0 Å². The molecule has 17 heavy (non-hydrogen) atoms. The molecule has 0 amide bonds.